The summed E-state index contributed by atoms with van der Waals surface area (Å²) in [7, 11) is 2.01. The maximum Gasteiger partial charge on any atom is 0.0320 e. The number of benzene rings is 2. The summed E-state index contributed by atoms with van der Waals surface area (Å²) >= 11 is 0. The van der Waals surface area contributed by atoms with E-state index in [4.69, 9.17) is 5.73 Å². The molecule has 2 unspecified atom stereocenters. The highest BCUT2D eigenvalue weighted by Gasteiger charge is 2.12. The topological polar surface area (TPSA) is 38.0 Å². The number of hydrogen-bond acceptors (Lipinski definition) is 2. The van der Waals surface area contributed by atoms with Gasteiger partial charge >= 0.3 is 0 Å². The minimum absolute atomic E-state index is 0.373. The lowest BCUT2D eigenvalue weighted by molar-refractivity contribution is 0.438. The van der Waals surface area contributed by atoms with Crippen molar-refractivity contribution in [2.75, 3.05) is 13.6 Å². The van der Waals surface area contributed by atoms with Crippen LogP contribution in [0.5, 0.6) is 0 Å². The van der Waals surface area contributed by atoms with Crippen LogP contribution in [0.15, 0.2) is 54.6 Å². The zero-order chi connectivity index (χ0) is 14.4. The number of hydrogen-bond donors (Lipinski definition) is 2. The van der Waals surface area contributed by atoms with Gasteiger partial charge in [-0.05, 0) is 42.6 Å². The molecule has 0 radical (unpaired) electrons. The van der Waals surface area contributed by atoms with Crippen LogP contribution < -0.4 is 11.1 Å². The molecule has 2 rings (SSSR count). The molecule has 0 aromatic heterocycles. The summed E-state index contributed by atoms with van der Waals surface area (Å²) in [6.45, 7) is 2.93. The molecule has 0 amide bonds. The van der Waals surface area contributed by atoms with E-state index in [-0.39, 0.29) is 0 Å². The second-order valence-electron chi connectivity index (χ2n) is 5.41. The SMILES string of the molecule is CNC(CC(C)CN)c1ccc(-c2ccccc2)cc1. The lowest BCUT2D eigenvalue weighted by Crippen LogP contribution is -2.22. The first kappa shape index (κ1) is 14.8. The summed E-state index contributed by atoms with van der Waals surface area (Å²) in [6.07, 6.45) is 1.07. The second kappa shape index (κ2) is 7.22. The van der Waals surface area contributed by atoms with Crippen LogP contribution in [-0.2, 0) is 0 Å². The molecule has 3 N–H and O–H groups in total. The first-order valence-electron chi connectivity index (χ1n) is 7.27. The normalized spacial score (nSPS) is 13.9. The molecule has 2 heteroatoms. The smallest absolute Gasteiger partial charge is 0.0320 e. The third-order valence-corrected chi connectivity index (χ3v) is 3.81. The average molecular weight is 268 g/mol. The van der Waals surface area contributed by atoms with E-state index in [0.717, 1.165) is 13.0 Å². The van der Waals surface area contributed by atoms with Gasteiger partial charge in [0.1, 0.15) is 0 Å². The lowest BCUT2D eigenvalue weighted by Gasteiger charge is -2.20. The van der Waals surface area contributed by atoms with E-state index in [1.165, 1.54) is 16.7 Å². The largest absolute Gasteiger partial charge is 0.330 e. The minimum Gasteiger partial charge on any atom is -0.330 e. The Labute approximate surface area is 122 Å². The molecule has 0 saturated carbocycles. The van der Waals surface area contributed by atoms with Crippen molar-refractivity contribution in [1.29, 1.82) is 0 Å². The first-order valence-corrected chi connectivity index (χ1v) is 7.27. The van der Waals surface area contributed by atoms with Gasteiger partial charge in [0.15, 0.2) is 0 Å². The fraction of sp³-hybridized carbons (Fsp3) is 0.333. The van der Waals surface area contributed by atoms with Crippen LogP contribution in [-0.4, -0.2) is 13.6 Å². The standard InChI is InChI=1S/C18H24N2/c1-14(13-19)12-18(20-2)17-10-8-16(9-11-17)15-6-4-3-5-7-15/h3-11,14,18,20H,12-13,19H2,1-2H3. The van der Waals surface area contributed by atoms with Crippen LogP contribution in [0, 0.1) is 5.92 Å². The van der Waals surface area contributed by atoms with Crippen molar-refractivity contribution in [3.05, 3.63) is 60.2 Å². The van der Waals surface area contributed by atoms with Gasteiger partial charge in [0, 0.05) is 6.04 Å². The van der Waals surface area contributed by atoms with Crippen LogP contribution in [0.3, 0.4) is 0 Å². The summed E-state index contributed by atoms with van der Waals surface area (Å²) in [6, 6.07) is 19.7. The molecular weight excluding hydrogens is 244 g/mol. The fourth-order valence-corrected chi connectivity index (χ4v) is 2.46. The van der Waals surface area contributed by atoms with Crippen molar-refractivity contribution in [2.24, 2.45) is 11.7 Å². The Hall–Kier alpha value is -1.64. The fourth-order valence-electron chi connectivity index (χ4n) is 2.46. The maximum absolute atomic E-state index is 5.73. The number of rotatable bonds is 6. The molecule has 0 fully saturated rings. The minimum atomic E-state index is 0.373. The zero-order valence-corrected chi connectivity index (χ0v) is 12.3. The molecule has 0 aliphatic rings. The van der Waals surface area contributed by atoms with Gasteiger partial charge in [0.2, 0.25) is 0 Å². The molecule has 0 heterocycles. The highest BCUT2D eigenvalue weighted by Crippen LogP contribution is 2.24. The van der Waals surface area contributed by atoms with E-state index < -0.39 is 0 Å². The van der Waals surface area contributed by atoms with Gasteiger partial charge < -0.3 is 11.1 Å². The Morgan fingerprint density at radius 3 is 2.10 bits per heavy atom. The monoisotopic (exact) mass is 268 g/mol. The first-order chi connectivity index (χ1) is 9.74. The summed E-state index contributed by atoms with van der Waals surface area (Å²) in [5, 5.41) is 3.39. The summed E-state index contributed by atoms with van der Waals surface area (Å²) < 4.78 is 0. The predicted molar refractivity (Wildman–Crippen MR) is 86.5 cm³/mol. The molecule has 2 atom stereocenters. The van der Waals surface area contributed by atoms with Crippen molar-refractivity contribution < 1.29 is 0 Å². The van der Waals surface area contributed by atoms with E-state index in [2.05, 4.69) is 60.8 Å². The molecule has 2 nitrogen and oxygen atoms in total. The van der Waals surface area contributed by atoms with Gasteiger partial charge in [-0.25, -0.2) is 0 Å². The van der Waals surface area contributed by atoms with Gasteiger partial charge in [0.05, 0.1) is 0 Å². The second-order valence-corrected chi connectivity index (χ2v) is 5.41. The van der Waals surface area contributed by atoms with Crippen LogP contribution >= 0.6 is 0 Å². The van der Waals surface area contributed by atoms with Gasteiger partial charge in [-0.15, -0.1) is 0 Å². The Kier molecular flexibility index (Phi) is 5.33. The van der Waals surface area contributed by atoms with E-state index in [1.807, 2.05) is 13.1 Å². The highest BCUT2D eigenvalue weighted by atomic mass is 14.9. The molecule has 0 bridgehead atoms. The molecule has 0 saturated heterocycles. The third-order valence-electron chi connectivity index (χ3n) is 3.81. The van der Waals surface area contributed by atoms with Crippen LogP contribution in [0.25, 0.3) is 11.1 Å². The predicted octanol–water partition coefficient (Wildman–Crippen LogP) is 3.60. The van der Waals surface area contributed by atoms with Crippen molar-refractivity contribution >= 4 is 0 Å². The van der Waals surface area contributed by atoms with E-state index in [9.17, 15) is 0 Å². The van der Waals surface area contributed by atoms with Gasteiger partial charge in [-0.2, -0.15) is 0 Å². The highest BCUT2D eigenvalue weighted by molar-refractivity contribution is 5.63. The number of nitrogens with two attached hydrogens (primary N) is 1. The van der Waals surface area contributed by atoms with Gasteiger partial charge in [-0.1, -0.05) is 61.5 Å². The maximum atomic E-state index is 5.73. The van der Waals surface area contributed by atoms with Gasteiger partial charge in [0.25, 0.3) is 0 Å². The van der Waals surface area contributed by atoms with E-state index >= 15 is 0 Å². The van der Waals surface area contributed by atoms with Crippen molar-refractivity contribution in [2.45, 2.75) is 19.4 Å². The van der Waals surface area contributed by atoms with Crippen LogP contribution in [0.2, 0.25) is 0 Å². The Balaban J connectivity index is 2.14. The van der Waals surface area contributed by atoms with E-state index in [1.54, 1.807) is 0 Å². The van der Waals surface area contributed by atoms with Crippen LogP contribution in [0.1, 0.15) is 24.9 Å². The molecule has 0 aliphatic heterocycles. The summed E-state index contributed by atoms with van der Waals surface area (Å²) in [5.74, 6) is 0.529. The summed E-state index contributed by atoms with van der Waals surface area (Å²) in [5.41, 5.74) is 9.57. The molecule has 0 aliphatic carbocycles. The molecular formula is C18H24N2. The Bertz CT molecular complexity index is 505. The quantitative estimate of drug-likeness (QED) is 0.840. The molecule has 20 heavy (non-hydrogen) atoms. The number of nitrogens with one attached hydrogen (secondary N) is 1. The van der Waals surface area contributed by atoms with Crippen molar-refractivity contribution in [3.8, 4) is 11.1 Å². The van der Waals surface area contributed by atoms with Crippen LogP contribution in [0.4, 0.5) is 0 Å². The summed E-state index contributed by atoms with van der Waals surface area (Å²) in [4.78, 5) is 0. The zero-order valence-electron chi connectivity index (χ0n) is 12.3. The molecule has 106 valence electrons. The van der Waals surface area contributed by atoms with E-state index in [0.29, 0.717) is 12.0 Å². The molecule has 0 spiro atoms. The van der Waals surface area contributed by atoms with Crippen molar-refractivity contribution in [3.63, 3.8) is 0 Å². The Morgan fingerprint density at radius 2 is 1.55 bits per heavy atom. The molecule has 2 aromatic rings. The average Bonchev–Trinajstić information content (AvgIpc) is 2.53. The van der Waals surface area contributed by atoms with Crippen molar-refractivity contribution in [1.82, 2.24) is 5.32 Å². The lowest BCUT2D eigenvalue weighted by atomic mass is 9.94. The third kappa shape index (κ3) is 3.69. The van der Waals surface area contributed by atoms with Gasteiger partial charge in [-0.3, -0.25) is 0 Å². The Morgan fingerprint density at radius 1 is 0.950 bits per heavy atom. The molecule has 2 aromatic carbocycles.